The van der Waals surface area contributed by atoms with Gasteiger partial charge < -0.3 is 9.90 Å². The second-order valence-corrected chi connectivity index (χ2v) is 7.07. The molecule has 112 valence electrons. The van der Waals surface area contributed by atoms with E-state index < -0.39 is 22.0 Å². The predicted octanol–water partition coefficient (Wildman–Crippen LogP) is 0.746. The Morgan fingerprint density at radius 3 is 2.40 bits per heavy atom. The molecule has 0 aliphatic rings. The predicted molar refractivity (Wildman–Crippen MR) is 74.5 cm³/mol. The van der Waals surface area contributed by atoms with Gasteiger partial charge in [0.25, 0.3) is 0 Å². The van der Waals surface area contributed by atoms with E-state index in [-0.39, 0.29) is 17.2 Å². The number of nitrogens with one attached hydrogen (secondary N) is 1. The quantitative estimate of drug-likeness (QED) is 0.839. The molecule has 20 heavy (non-hydrogen) atoms. The minimum atomic E-state index is -3.87. The molecular formula is C14H20NO4S-. The topological polar surface area (TPSA) is 86.3 Å². The summed E-state index contributed by atoms with van der Waals surface area (Å²) >= 11 is 0. The molecule has 0 radical (unpaired) electrons. The lowest BCUT2D eigenvalue weighted by Crippen LogP contribution is -2.48. The molecule has 0 aliphatic heterocycles. The fraction of sp³-hybridized carbons (Fsp3) is 0.500. The first-order chi connectivity index (χ1) is 9.13. The normalized spacial score (nSPS) is 13.4. The molecule has 0 bridgehead atoms. The second-order valence-electron chi connectivity index (χ2n) is 5.39. The summed E-state index contributed by atoms with van der Waals surface area (Å²) in [5, 5.41) is 11.1. The standard InChI is InChI=1S/C14H21NO4S/c1-9(2)7-12(14(16)17)15-20(18,19)13-8-10(3)5-6-11(13)4/h5-6,8-9,12,15H,7H2,1-4H3,(H,16,17)/p-1/t12-/m1/s1. The lowest BCUT2D eigenvalue weighted by molar-refractivity contribution is -0.308. The highest BCUT2D eigenvalue weighted by Gasteiger charge is 2.23. The summed E-state index contributed by atoms with van der Waals surface area (Å²) in [6.07, 6.45) is 0.187. The van der Waals surface area contributed by atoms with Crippen LogP contribution < -0.4 is 9.83 Å². The minimum Gasteiger partial charge on any atom is -0.548 e. The van der Waals surface area contributed by atoms with Crippen molar-refractivity contribution in [2.45, 2.75) is 45.1 Å². The van der Waals surface area contributed by atoms with Crippen LogP contribution in [-0.2, 0) is 14.8 Å². The Morgan fingerprint density at radius 2 is 1.90 bits per heavy atom. The van der Waals surface area contributed by atoms with Crippen LogP contribution in [0.15, 0.2) is 23.1 Å². The van der Waals surface area contributed by atoms with Crippen molar-refractivity contribution in [2.24, 2.45) is 5.92 Å². The number of sulfonamides is 1. The van der Waals surface area contributed by atoms with E-state index >= 15 is 0 Å². The van der Waals surface area contributed by atoms with Crippen LogP contribution in [0.25, 0.3) is 0 Å². The van der Waals surface area contributed by atoms with Crippen LogP contribution in [-0.4, -0.2) is 20.4 Å². The molecule has 0 unspecified atom stereocenters. The molecule has 1 aromatic carbocycles. The first-order valence-electron chi connectivity index (χ1n) is 6.44. The maximum absolute atomic E-state index is 12.3. The molecule has 0 aromatic heterocycles. The zero-order valence-electron chi connectivity index (χ0n) is 12.1. The van der Waals surface area contributed by atoms with E-state index in [1.807, 2.05) is 13.8 Å². The highest BCUT2D eigenvalue weighted by molar-refractivity contribution is 7.89. The molecule has 0 saturated heterocycles. The number of carbonyl (C=O) groups excluding carboxylic acids is 1. The first-order valence-corrected chi connectivity index (χ1v) is 7.92. The van der Waals surface area contributed by atoms with Gasteiger partial charge in [0.15, 0.2) is 0 Å². The van der Waals surface area contributed by atoms with Crippen molar-refractivity contribution in [2.75, 3.05) is 0 Å². The van der Waals surface area contributed by atoms with Crippen molar-refractivity contribution in [1.29, 1.82) is 0 Å². The average Bonchev–Trinajstić information content (AvgIpc) is 2.30. The highest BCUT2D eigenvalue weighted by Crippen LogP contribution is 2.18. The van der Waals surface area contributed by atoms with Crippen molar-refractivity contribution >= 4 is 16.0 Å². The van der Waals surface area contributed by atoms with Gasteiger partial charge in [-0.2, -0.15) is 0 Å². The summed E-state index contributed by atoms with van der Waals surface area (Å²) in [4.78, 5) is 11.2. The molecule has 6 heteroatoms. The van der Waals surface area contributed by atoms with Crippen LogP contribution in [0.4, 0.5) is 0 Å². The summed E-state index contributed by atoms with van der Waals surface area (Å²) in [7, 11) is -3.87. The van der Waals surface area contributed by atoms with E-state index in [2.05, 4.69) is 4.72 Å². The molecule has 0 heterocycles. The van der Waals surface area contributed by atoms with Crippen LogP contribution in [0, 0.1) is 19.8 Å². The number of carbonyl (C=O) groups is 1. The zero-order chi connectivity index (χ0) is 15.5. The minimum absolute atomic E-state index is 0.0409. The van der Waals surface area contributed by atoms with Gasteiger partial charge >= 0.3 is 0 Å². The van der Waals surface area contributed by atoms with Crippen LogP contribution in [0.3, 0.4) is 0 Å². The van der Waals surface area contributed by atoms with Gasteiger partial charge in [-0.05, 0) is 43.4 Å². The van der Waals surface area contributed by atoms with E-state index in [1.54, 1.807) is 26.0 Å². The Labute approximate surface area is 120 Å². The SMILES string of the molecule is Cc1ccc(C)c(S(=O)(=O)N[C@H](CC(C)C)C(=O)[O-])c1. The number of aryl methyl sites for hydroxylation is 2. The number of hydrogen-bond donors (Lipinski definition) is 1. The molecule has 1 aromatic rings. The Hall–Kier alpha value is -1.40. The molecule has 0 spiro atoms. The van der Waals surface area contributed by atoms with Crippen LogP contribution in [0.1, 0.15) is 31.4 Å². The number of aliphatic carboxylic acids is 1. The molecule has 0 saturated carbocycles. The summed E-state index contributed by atoms with van der Waals surface area (Å²) < 4.78 is 26.8. The van der Waals surface area contributed by atoms with Gasteiger partial charge in [0.05, 0.1) is 16.9 Å². The van der Waals surface area contributed by atoms with E-state index in [1.165, 1.54) is 6.07 Å². The Morgan fingerprint density at radius 1 is 1.30 bits per heavy atom. The van der Waals surface area contributed by atoms with Crippen molar-refractivity contribution < 1.29 is 18.3 Å². The van der Waals surface area contributed by atoms with Gasteiger partial charge in [-0.1, -0.05) is 26.0 Å². The monoisotopic (exact) mass is 298 g/mol. The molecule has 5 nitrogen and oxygen atoms in total. The lowest BCUT2D eigenvalue weighted by Gasteiger charge is -2.22. The van der Waals surface area contributed by atoms with Crippen molar-refractivity contribution in [3.63, 3.8) is 0 Å². The van der Waals surface area contributed by atoms with Crippen LogP contribution >= 0.6 is 0 Å². The van der Waals surface area contributed by atoms with Gasteiger partial charge in [-0.15, -0.1) is 0 Å². The zero-order valence-corrected chi connectivity index (χ0v) is 13.0. The summed E-state index contributed by atoms with van der Waals surface area (Å²) in [6, 6.07) is 3.80. The number of rotatable bonds is 6. The lowest BCUT2D eigenvalue weighted by atomic mass is 10.1. The van der Waals surface area contributed by atoms with E-state index in [4.69, 9.17) is 0 Å². The average molecular weight is 298 g/mol. The molecule has 1 atom stereocenters. The molecule has 0 amide bonds. The van der Waals surface area contributed by atoms with Crippen molar-refractivity contribution in [3.05, 3.63) is 29.3 Å². The van der Waals surface area contributed by atoms with Gasteiger partial charge in [-0.25, -0.2) is 13.1 Å². The van der Waals surface area contributed by atoms with Crippen LogP contribution in [0.5, 0.6) is 0 Å². The Bertz CT molecular complexity index is 593. The number of carboxylic acid groups (broad SMARTS) is 1. The van der Waals surface area contributed by atoms with E-state index in [0.29, 0.717) is 5.56 Å². The largest absolute Gasteiger partial charge is 0.548 e. The summed E-state index contributed by atoms with van der Waals surface area (Å²) in [5.41, 5.74) is 1.37. The third-order valence-electron chi connectivity index (χ3n) is 2.92. The van der Waals surface area contributed by atoms with Gasteiger partial charge in [0, 0.05) is 0 Å². The fourth-order valence-corrected chi connectivity index (χ4v) is 3.44. The molecule has 0 fully saturated rings. The Kier molecular flexibility index (Phi) is 5.30. The van der Waals surface area contributed by atoms with Gasteiger partial charge in [-0.3, -0.25) is 0 Å². The maximum Gasteiger partial charge on any atom is 0.241 e. The summed E-state index contributed by atoms with van der Waals surface area (Å²) in [6.45, 7) is 7.09. The van der Waals surface area contributed by atoms with E-state index in [9.17, 15) is 18.3 Å². The second kappa shape index (κ2) is 6.37. The van der Waals surface area contributed by atoms with Crippen molar-refractivity contribution in [3.8, 4) is 0 Å². The maximum atomic E-state index is 12.3. The highest BCUT2D eigenvalue weighted by atomic mass is 32.2. The molecule has 1 N–H and O–H groups in total. The van der Waals surface area contributed by atoms with Crippen molar-refractivity contribution in [1.82, 2.24) is 4.72 Å². The fourth-order valence-electron chi connectivity index (χ4n) is 1.91. The molecule has 1 rings (SSSR count). The van der Waals surface area contributed by atoms with E-state index in [0.717, 1.165) is 5.56 Å². The third-order valence-corrected chi connectivity index (χ3v) is 4.54. The summed E-state index contributed by atoms with van der Waals surface area (Å²) in [5.74, 6) is -1.37. The third kappa shape index (κ3) is 4.31. The number of hydrogen-bond acceptors (Lipinski definition) is 4. The first kappa shape index (κ1) is 16.7. The number of benzene rings is 1. The Balaban J connectivity index is 3.09. The number of carboxylic acids is 1. The molecule has 0 aliphatic carbocycles. The van der Waals surface area contributed by atoms with Gasteiger partial charge in [0.2, 0.25) is 10.0 Å². The van der Waals surface area contributed by atoms with Crippen LogP contribution in [0.2, 0.25) is 0 Å². The molecular weight excluding hydrogens is 278 g/mol. The smallest absolute Gasteiger partial charge is 0.241 e. The van der Waals surface area contributed by atoms with Gasteiger partial charge in [0.1, 0.15) is 0 Å².